The van der Waals surface area contributed by atoms with Gasteiger partial charge in [0.2, 0.25) is 5.91 Å². The summed E-state index contributed by atoms with van der Waals surface area (Å²) in [7, 11) is 0. The summed E-state index contributed by atoms with van der Waals surface area (Å²) in [4.78, 5) is 24.8. The largest absolute Gasteiger partial charge is 0.479 e. The molecule has 0 aliphatic carbocycles. The minimum absolute atomic E-state index is 0.0401. The zero-order chi connectivity index (χ0) is 14.2. The highest BCUT2D eigenvalue weighted by Crippen LogP contribution is 2.37. The molecule has 3 rings (SSSR count). The van der Waals surface area contributed by atoms with Crippen molar-refractivity contribution in [3.05, 3.63) is 29.8 Å². The van der Waals surface area contributed by atoms with E-state index in [2.05, 4.69) is 5.32 Å². The van der Waals surface area contributed by atoms with Crippen molar-refractivity contribution in [2.24, 2.45) is 0 Å². The summed E-state index contributed by atoms with van der Waals surface area (Å²) < 4.78 is 5.14. The quantitative estimate of drug-likeness (QED) is 0.871. The fraction of sp³-hybridized carbons (Fsp3) is 0.429. The lowest BCUT2D eigenvalue weighted by Gasteiger charge is -2.25. The molecule has 106 valence electrons. The standard InChI is InChI=1S/C14H15NO4S/c16-12(15-14(13(17)18)5-6-19-8-14)11-7-9-3-1-2-4-10(9)20-11/h1-4,11H,5-8H2,(H,15,16)(H,17,18). The summed E-state index contributed by atoms with van der Waals surface area (Å²) in [6, 6.07) is 7.87. The summed E-state index contributed by atoms with van der Waals surface area (Å²) in [5, 5.41) is 11.8. The molecule has 2 N–H and O–H groups in total. The van der Waals surface area contributed by atoms with Gasteiger partial charge in [-0.3, -0.25) is 4.79 Å². The van der Waals surface area contributed by atoms with E-state index in [1.165, 1.54) is 11.8 Å². The van der Waals surface area contributed by atoms with Crippen molar-refractivity contribution in [1.29, 1.82) is 0 Å². The molecule has 2 heterocycles. The van der Waals surface area contributed by atoms with E-state index in [0.717, 1.165) is 10.5 Å². The van der Waals surface area contributed by atoms with Gasteiger partial charge in [0.15, 0.2) is 5.54 Å². The molecule has 1 saturated heterocycles. The van der Waals surface area contributed by atoms with Gasteiger partial charge in [0.05, 0.1) is 11.9 Å². The molecule has 0 saturated carbocycles. The molecule has 1 fully saturated rings. The van der Waals surface area contributed by atoms with Crippen LogP contribution < -0.4 is 5.32 Å². The number of carbonyl (C=O) groups excluding carboxylic acids is 1. The maximum absolute atomic E-state index is 12.3. The Hall–Kier alpha value is -1.53. The average molecular weight is 293 g/mol. The minimum Gasteiger partial charge on any atom is -0.479 e. The van der Waals surface area contributed by atoms with Crippen LogP contribution in [0.3, 0.4) is 0 Å². The van der Waals surface area contributed by atoms with Crippen LogP contribution in [0, 0.1) is 0 Å². The van der Waals surface area contributed by atoms with E-state index in [0.29, 0.717) is 19.4 Å². The summed E-state index contributed by atoms with van der Waals surface area (Å²) in [6.07, 6.45) is 0.960. The van der Waals surface area contributed by atoms with E-state index in [9.17, 15) is 14.7 Å². The van der Waals surface area contributed by atoms with Crippen LogP contribution in [0.5, 0.6) is 0 Å². The number of nitrogens with one attached hydrogen (secondary N) is 1. The first-order chi connectivity index (χ1) is 9.61. The molecule has 2 atom stereocenters. The molecular formula is C14H15NO4S. The molecule has 20 heavy (non-hydrogen) atoms. The number of ether oxygens (including phenoxy) is 1. The first-order valence-corrected chi connectivity index (χ1v) is 7.36. The third-order valence-electron chi connectivity index (χ3n) is 3.73. The van der Waals surface area contributed by atoms with Crippen molar-refractivity contribution in [2.45, 2.75) is 28.5 Å². The van der Waals surface area contributed by atoms with Crippen molar-refractivity contribution in [1.82, 2.24) is 5.32 Å². The Morgan fingerprint density at radius 2 is 2.20 bits per heavy atom. The number of aliphatic carboxylic acids is 1. The number of thioether (sulfide) groups is 1. The van der Waals surface area contributed by atoms with Gasteiger partial charge >= 0.3 is 5.97 Å². The average Bonchev–Trinajstić information content (AvgIpc) is 3.05. The lowest BCUT2D eigenvalue weighted by molar-refractivity contribution is -0.147. The second kappa shape index (κ2) is 5.10. The van der Waals surface area contributed by atoms with E-state index >= 15 is 0 Å². The fourth-order valence-electron chi connectivity index (χ4n) is 2.53. The minimum atomic E-state index is -1.26. The van der Waals surface area contributed by atoms with E-state index in [4.69, 9.17) is 4.74 Å². The first kappa shape index (κ1) is 13.5. The van der Waals surface area contributed by atoms with Gasteiger partial charge in [-0.25, -0.2) is 4.79 Å². The smallest absolute Gasteiger partial charge is 0.331 e. The Bertz CT molecular complexity index is 529. The highest BCUT2D eigenvalue weighted by atomic mass is 32.2. The van der Waals surface area contributed by atoms with Gasteiger partial charge < -0.3 is 15.2 Å². The van der Waals surface area contributed by atoms with Crippen LogP contribution in [0.4, 0.5) is 0 Å². The number of hydrogen-bond donors (Lipinski definition) is 2. The highest BCUT2D eigenvalue weighted by Gasteiger charge is 2.45. The van der Waals surface area contributed by atoms with Crippen LogP contribution in [-0.2, 0) is 20.7 Å². The van der Waals surface area contributed by atoms with E-state index in [1.807, 2.05) is 24.3 Å². The molecule has 0 spiro atoms. The summed E-state index contributed by atoms with van der Waals surface area (Å²) >= 11 is 1.49. The van der Waals surface area contributed by atoms with Crippen molar-refractivity contribution in [3.63, 3.8) is 0 Å². The summed E-state index contributed by atoms with van der Waals surface area (Å²) in [5.41, 5.74) is -0.114. The molecule has 5 nitrogen and oxygen atoms in total. The van der Waals surface area contributed by atoms with E-state index in [1.54, 1.807) is 0 Å². The maximum atomic E-state index is 12.3. The summed E-state index contributed by atoms with van der Waals surface area (Å²) in [5.74, 6) is -1.25. The second-order valence-corrected chi connectivity index (χ2v) is 6.34. The number of hydrogen-bond acceptors (Lipinski definition) is 4. The fourth-order valence-corrected chi connectivity index (χ4v) is 3.73. The third kappa shape index (κ3) is 2.29. The molecule has 0 radical (unpaired) electrons. The molecule has 2 aliphatic heterocycles. The van der Waals surface area contributed by atoms with Crippen LogP contribution in [0.15, 0.2) is 29.2 Å². The Kier molecular flexibility index (Phi) is 3.43. The number of amides is 1. The number of fused-ring (bicyclic) bond motifs is 1. The number of rotatable bonds is 3. The molecule has 6 heteroatoms. The van der Waals surface area contributed by atoms with Gasteiger partial charge in [0.25, 0.3) is 0 Å². The predicted octanol–water partition coefficient (Wildman–Crippen LogP) is 1.06. The molecule has 0 aromatic heterocycles. The van der Waals surface area contributed by atoms with Gasteiger partial charge in [-0.05, 0) is 18.1 Å². The van der Waals surface area contributed by atoms with Crippen molar-refractivity contribution in [3.8, 4) is 0 Å². The Balaban J connectivity index is 1.71. The zero-order valence-electron chi connectivity index (χ0n) is 10.8. The normalized spacial score (nSPS) is 28.1. The number of carbonyl (C=O) groups is 2. The van der Waals surface area contributed by atoms with Crippen molar-refractivity contribution in [2.75, 3.05) is 13.2 Å². The monoisotopic (exact) mass is 293 g/mol. The van der Waals surface area contributed by atoms with Gasteiger partial charge in [-0.2, -0.15) is 0 Å². The molecule has 2 aliphatic rings. The Morgan fingerprint density at radius 1 is 1.40 bits per heavy atom. The lowest BCUT2D eigenvalue weighted by atomic mass is 9.98. The number of carboxylic acids is 1. The SMILES string of the molecule is O=C(NC1(C(=O)O)CCOC1)C1Cc2ccccc2S1. The molecule has 1 amide bonds. The second-order valence-electron chi connectivity index (χ2n) is 5.10. The van der Waals surface area contributed by atoms with E-state index < -0.39 is 11.5 Å². The van der Waals surface area contributed by atoms with Gasteiger partial charge in [0, 0.05) is 17.9 Å². The Labute approximate surface area is 120 Å². The predicted molar refractivity (Wildman–Crippen MR) is 73.7 cm³/mol. The Morgan fingerprint density at radius 3 is 2.85 bits per heavy atom. The molecule has 1 aromatic carbocycles. The molecule has 0 bridgehead atoms. The highest BCUT2D eigenvalue weighted by molar-refractivity contribution is 8.01. The summed E-state index contributed by atoms with van der Waals surface area (Å²) in [6.45, 7) is 0.406. The number of benzene rings is 1. The maximum Gasteiger partial charge on any atom is 0.331 e. The van der Waals surface area contributed by atoms with Gasteiger partial charge in [0.1, 0.15) is 0 Å². The van der Waals surface area contributed by atoms with Crippen LogP contribution in [0.2, 0.25) is 0 Å². The van der Waals surface area contributed by atoms with Crippen LogP contribution in [-0.4, -0.2) is 41.0 Å². The van der Waals surface area contributed by atoms with Gasteiger partial charge in [-0.15, -0.1) is 11.8 Å². The van der Waals surface area contributed by atoms with Crippen molar-refractivity contribution < 1.29 is 19.4 Å². The van der Waals surface area contributed by atoms with Crippen molar-refractivity contribution >= 4 is 23.6 Å². The lowest BCUT2D eigenvalue weighted by Crippen LogP contribution is -2.57. The molecular weight excluding hydrogens is 278 g/mol. The van der Waals surface area contributed by atoms with Crippen LogP contribution >= 0.6 is 11.8 Å². The van der Waals surface area contributed by atoms with Crippen LogP contribution in [0.25, 0.3) is 0 Å². The number of carboxylic acid groups (broad SMARTS) is 1. The topological polar surface area (TPSA) is 75.6 Å². The molecule has 2 unspecified atom stereocenters. The molecule has 1 aromatic rings. The van der Waals surface area contributed by atoms with Crippen LogP contribution in [0.1, 0.15) is 12.0 Å². The van der Waals surface area contributed by atoms with Gasteiger partial charge in [-0.1, -0.05) is 18.2 Å². The van der Waals surface area contributed by atoms with E-state index in [-0.39, 0.29) is 17.8 Å². The first-order valence-electron chi connectivity index (χ1n) is 6.48. The zero-order valence-corrected chi connectivity index (χ0v) is 11.6. The third-order valence-corrected chi connectivity index (χ3v) is 5.05.